The van der Waals surface area contributed by atoms with E-state index >= 15 is 0 Å². The molecular weight excluding hydrogens is 330 g/mol. The third-order valence-corrected chi connectivity index (χ3v) is 3.31. The van der Waals surface area contributed by atoms with Crippen molar-refractivity contribution in [2.75, 3.05) is 10.6 Å². The van der Waals surface area contributed by atoms with Crippen molar-refractivity contribution >= 4 is 58.4 Å². The first-order chi connectivity index (χ1) is 10.9. The number of nitrogens with one attached hydrogen (secondary N) is 2. The predicted octanol–water partition coefficient (Wildman–Crippen LogP) is 4.12. The van der Waals surface area contributed by atoms with Gasteiger partial charge in [-0.15, -0.1) is 0 Å². The Balaban J connectivity index is 2.30. The number of rotatable bonds is 4. The van der Waals surface area contributed by atoms with Gasteiger partial charge in [0.15, 0.2) is 5.11 Å². The molecule has 0 aliphatic rings. The van der Waals surface area contributed by atoms with Gasteiger partial charge in [0.1, 0.15) is 0 Å². The van der Waals surface area contributed by atoms with Gasteiger partial charge < -0.3 is 16.4 Å². The van der Waals surface area contributed by atoms with Crippen LogP contribution in [-0.4, -0.2) is 11.0 Å². The summed E-state index contributed by atoms with van der Waals surface area (Å²) in [6.07, 6.45) is 3.88. The van der Waals surface area contributed by atoms with E-state index in [4.69, 9.17) is 29.6 Å². The van der Waals surface area contributed by atoms with E-state index in [9.17, 15) is 4.79 Å². The summed E-state index contributed by atoms with van der Waals surface area (Å²) in [6, 6.07) is 13.0. The zero-order valence-electron chi connectivity index (χ0n) is 12.5. The number of halogens is 1. The van der Waals surface area contributed by atoms with Crippen molar-refractivity contribution in [3.8, 4) is 0 Å². The molecule has 2 aromatic rings. The van der Waals surface area contributed by atoms with Crippen LogP contribution in [0.2, 0.25) is 5.02 Å². The third kappa shape index (κ3) is 5.39. The van der Waals surface area contributed by atoms with Crippen molar-refractivity contribution in [3.05, 3.63) is 58.6 Å². The number of carbonyl (C=O) groups excluding carboxylic acids is 1. The molecule has 2 aromatic carbocycles. The standard InChI is InChI=1S/C17H16ClN3OS/c1-11(22)20-15-9-6-13(16(10-15)21-17(19)23)5-2-12-3-7-14(18)8-4-12/h2-10H,1H3,(H,20,22)(H3,19,21,23). The van der Waals surface area contributed by atoms with Gasteiger partial charge in [0.2, 0.25) is 5.91 Å². The van der Waals surface area contributed by atoms with Crippen LogP contribution in [-0.2, 0) is 4.79 Å². The molecule has 0 unspecified atom stereocenters. The quantitative estimate of drug-likeness (QED) is 0.576. The van der Waals surface area contributed by atoms with Gasteiger partial charge in [-0.2, -0.15) is 0 Å². The number of hydrogen-bond donors (Lipinski definition) is 3. The van der Waals surface area contributed by atoms with E-state index in [0.717, 1.165) is 11.1 Å². The van der Waals surface area contributed by atoms with Crippen LogP contribution < -0.4 is 16.4 Å². The molecule has 4 N–H and O–H groups in total. The van der Waals surface area contributed by atoms with Crippen molar-refractivity contribution in [1.82, 2.24) is 0 Å². The highest BCUT2D eigenvalue weighted by atomic mass is 35.5. The van der Waals surface area contributed by atoms with Gasteiger partial charge in [0.05, 0.1) is 0 Å². The van der Waals surface area contributed by atoms with Crippen molar-refractivity contribution in [2.24, 2.45) is 5.73 Å². The number of benzene rings is 2. The Hall–Kier alpha value is -2.37. The molecule has 4 nitrogen and oxygen atoms in total. The van der Waals surface area contributed by atoms with Crippen LogP contribution in [0.4, 0.5) is 11.4 Å². The average molecular weight is 346 g/mol. The monoisotopic (exact) mass is 345 g/mol. The van der Waals surface area contributed by atoms with Crippen LogP contribution in [0.5, 0.6) is 0 Å². The molecule has 0 spiro atoms. The van der Waals surface area contributed by atoms with E-state index in [1.165, 1.54) is 6.92 Å². The molecule has 0 fully saturated rings. The van der Waals surface area contributed by atoms with Crippen LogP contribution >= 0.6 is 23.8 Å². The summed E-state index contributed by atoms with van der Waals surface area (Å²) in [5, 5.41) is 6.49. The Morgan fingerprint density at radius 3 is 2.43 bits per heavy atom. The van der Waals surface area contributed by atoms with Crippen molar-refractivity contribution < 1.29 is 4.79 Å². The summed E-state index contributed by atoms with van der Waals surface area (Å²) >= 11 is 10.8. The van der Waals surface area contributed by atoms with E-state index in [1.807, 2.05) is 48.6 Å². The third-order valence-electron chi connectivity index (χ3n) is 2.96. The summed E-state index contributed by atoms with van der Waals surface area (Å²) in [5.41, 5.74) is 8.85. The van der Waals surface area contributed by atoms with Crippen molar-refractivity contribution in [1.29, 1.82) is 0 Å². The topological polar surface area (TPSA) is 67.2 Å². The molecule has 0 atom stereocenters. The molecule has 6 heteroatoms. The van der Waals surface area contributed by atoms with Crippen molar-refractivity contribution in [3.63, 3.8) is 0 Å². The smallest absolute Gasteiger partial charge is 0.221 e. The molecule has 118 valence electrons. The van der Waals surface area contributed by atoms with Gasteiger partial charge in [-0.05, 0) is 47.6 Å². The second-order valence-electron chi connectivity index (χ2n) is 4.86. The van der Waals surface area contributed by atoms with Gasteiger partial charge >= 0.3 is 0 Å². The van der Waals surface area contributed by atoms with E-state index in [-0.39, 0.29) is 11.0 Å². The summed E-state index contributed by atoms with van der Waals surface area (Å²) in [5.74, 6) is -0.143. The Kier molecular flexibility index (Phi) is 5.73. The number of carbonyl (C=O) groups is 1. The van der Waals surface area contributed by atoms with Crippen LogP contribution in [0, 0.1) is 0 Å². The lowest BCUT2D eigenvalue weighted by molar-refractivity contribution is -0.114. The van der Waals surface area contributed by atoms with E-state index in [1.54, 1.807) is 6.07 Å². The molecule has 0 saturated carbocycles. The van der Waals surface area contributed by atoms with E-state index < -0.39 is 0 Å². The van der Waals surface area contributed by atoms with Crippen LogP contribution in [0.1, 0.15) is 18.1 Å². The molecule has 2 rings (SSSR count). The Bertz CT molecular complexity index is 757. The minimum absolute atomic E-state index is 0.143. The zero-order chi connectivity index (χ0) is 16.8. The van der Waals surface area contributed by atoms with E-state index in [0.29, 0.717) is 16.4 Å². The Morgan fingerprint density at radius 2 is 1.83 bits per heavy atom. The van der Waals surface area contributed by atoms with Crippen LogP contribution in [0.15, 0.2) is 42.5 Å². The van der Waals surface area contributed by atoms with Crippen LogP contribution in [0.25, 0.3) is 12.2 Å². The van der Waals surface area contributed by atoms with E-state index in [2.05, 4.69) is 10.6 Å². The minimum Gasteiger partial charge on any atom is -0.376 e. The lowest BCUT2D eigenvalue weighted by Gasteiger charge is -2.11. The molecule has 0 aliphatic heterocycles. The maximum atomic E-state index is 11.2. The first kappa shape index (κ1) is 17.0. The lowest BCUT2D eigenvalue weighted by atomic mass is 10.1. The number of nitrogens with two attached hydrogens (primary N) is 1. The molecular formula is C17H16ClN3OS. The number of thiocarbonyl (C=S) groups is 1. The number of anilines is 2. The summed E-state index contributed by atoms with van der Waals surface area (Å²) in [6.45, 7) is 1.45. The first-order valence-corrected chi connectivity index (χ1v) is 7.64. The fourth-order valence-corrected chi connectivity index (χ4v) is 2.22. The second-order valence-corrected chi connectivity index (χ2v) is 5.73. The van der Waals surface area contributed by atoms with Gasteiger partial charge in [0.25, 0.3) is 0 Å². The molecule has 0 aromatic heterocycles. The first-order valence-electron chi connectivity index (χ1n) is 6.86. The summed E-state index contributed by atoms with van der Waals surface area (Å²) in [7, 11) is 0. The predicted molar refractivity (Wildman–Crippen MR) is 102 cm³/mol. The Morgan fingerprint density at radius 1 is 1.13 bits per heavy atom. The number of hydrogen-bond acceptors (Lipinski definition) is 2. The Labute approximate surface area is 145 Å². The highest BCUT2D eigenvalue weighted by molar-refractivity contribution is 7.80. The fourth-order valence-electron chi connectivity index (χ4n) is 1.98. The SMILES string of the molecule is CC(=O)Nc1ccc(C=Cc2ccc(Cl)cc2)c(NC(N)=S)c1. The van der Waals surface area contributed by atoms with Gasteiger partial charge in [0, 0.05) is 23.3 Å². The molecule has 0 saturated heterocycles. The largest absolute Gasteiger partial charge is 0.376 e. The molecule has 0 aliphatic carbocycles. The highest BCUT2D eigenvalue weighted by Crippen LogP contribution is 2.23. The van der Waals surface area contributed by atoms with Crippen molar-refractivity contribution in [2.45, 2.75) is 6.92 Å². The van der Waals surface area contributed by atoms with Gasteiger partial charge in [-0.3, -0.25) is 4.79 Å². The summed E-state index contributed by atoms with van der Waals surface area (Å²) in [4.78, 5) is 11.2. The lowest BCUT2D eigenvalue weighted by Crippen LogP contribution is -2.19. The molecule has 0 heterocycles. The molecule has 0 radical (unpaired) electrons. The minimum atomic E-state index is -0.143. The maximum Gasteiger partial charge on any atom is 0.221 e. The molecule has 23 heavy (non-hydrogen) atoms. The summed E-state index contributed by atoms with van der Waals surface area (Å²) < 4.78 is 0. The molecule has 0 bridgehead atoms. The average Bonchev–Trinajstić information content (AvgIpc) is 2.47. The van der Waals surface area contributed by atoms with Gasteiger partial charge in [-0.25, -0.2) is 0 Å². The zero-order valence-corrected chi connectivity index (χ0v) is 14.0. The highest BCUT2D eigenvalue weighted by Gasteiger charge is 2.04. The number of amides is 1. The molecule has 1 amide bonds. The normalized spacial score (nSPS) is 10.5. The van der Waals surface area contributed by atoms with Crippen LogP contribution in [0.3, 0.4) is 0 Å². The van der Waals surface area contributed by atoms with Gasteiger partial charge in [-0.1, -0.05) is 42.0 Å². The second kappa shape index (κ2) is 7.76. The maximum absolute atomic E-state index is 11.2. The fraction of sp³-hybridized carbons (Fsp3) is 0.0588.